The Morgan fingerprint density at radius 3 is 2.38 bits per heavy atom. The summed E-state index contributed by atoms with van der Waals surface area (Å²) >= 11 is 9.01. The lowest BCUT2D eigenvalue weighted by atomic mass is 10.2. The minimum Gasteiger partial charge on any atom is -0.500 e. The first-order valence-corrected chi connectivity index (χ1v) is 4.95. The number of unbranched alkanes of at least 4 members (excludes halogenated alkanes) is 1. The fraction of sp³-hybridized carbons (Fsp3) is 0.750. The van der Waals surface area contributed by atoms with E-state index in [9.17, 15) is 0 Å². The molecule has 2 N–H and O–H groups in total. The monoisotopic (exact) mass is 222 g/mol. The Morgan fingerprint density at radius 2 is 2.00 bits per heavy atom. The third-order valence-electron chi connectivity index (χ3n) is 1.50. The summed E-state index contributed by atoms with van der Waals surface area (Å²) in [6, 6.07) is 0. The van der Waals surface area contributed by atoms with Crippen LogP contribution in [0.15, 0.2) is 0 Å². The zero-order chi connectivity index (χ0) is 10.3. The van der Waals surface area contributed by atoms with Gasteiger partial charge in [-0.2, -0.15) is 0 Å². The van der Waals surface area contributed by atoms with Crippen molar-refractivity contribution in [2.75, 3.05) is 6.61 Å². The van der Waals surface area contributed by atoms with Gasteiger partial charge in [-0.25, -0.2) is 0 Å². The Labute approximate surface area is 88.7 Å². The highest BCUT2D eigenvalue weighted by Gasteiger charge is 2.13. The molecule has 0 aliphatic rings. The van der Waals surface area contributed by atoms with E-state index in [1.807, 2.05) is 6.92 Å². The van der Waals surface area contributed by atoms with Gasteiger partial charge in [-0.1, -0.05) is 19.8 Å². The second kappa shape index (κ2) is 7.17. The van der Waals surface area contributed by atoms with Gasteiger partial charge in [0.05, 0.1) is 0 Å². The summed E-state index contributed by atoms with van der Waals surface area (Å²) in [6.07, 6.45) is 2.10. The van der Waals surface area contributed by atoms with Gasteiger partial charge in [-0.05, 0) is 30.9 Å². The van der Waals surface area contributed by atoms with E-state index >= 15 is 0 Å². The standard InChI is InChI=1S/C8H14O3S2/c1-2-3-4-6(8(10)13)11-5-7(9)12/h6H,2-5H2,1H3,(H,9,12)(H,10,13). The van der Waals surface area contributed by atoms with Gasteiger partial charge in [0.15, 0.2) is 10.1 Å². The molecule has 0 aromatic heterocycles. The third-order valence-corrected chi connectivity index (χ3v) is 1.88. The number of aliphatic hydroxyl groups excluding tert-OH is 2. The predicted octanol–water partition coefficient (Wildman–Crippen LogP) is 2.33. The van der Waals surface area contributed by atoms with Crippen molar-refractivity contribution < 1.29 is 14.9 Å². The van der Waals surface area contributed by atoms with E-state index in [1.54, 1.807) is 0 Å². The highest BCUT2D eigenvalue weighted by atomic mass is 32.1. The molecule has 0 saturated carbocycles. The molecule has 0 aromatic carbocycles. The lowest BCUT2D eigenvalue weighted by molar-refractivity contribution is 0.106. The average molecular weight is 222 g/mol. The van der Waals surface area contributed by atoms with E-state index in [0.29, 0.717) is 6.42 Å². The SMILES string of the molecule is CCCCC(OCC(O)=S)C(O)=S. The third kappa shape index (κ3) is 6.86. The van der Waals surface area contributed by atoms with Gasteiger partial charge in [0, 0.05) is 0 Å². The zero-order valence-electron chi connectivity index (χ0n) is 7.52. The topological polar surface area (TPSA) is 49.7 Å². The van der Waals surface area contributed by atoms with Crippen LogP contribution in [0.2, 0.25) is 0 Å². The van der Waals surface area contributed by atoms with Crippen molar-refractivity contribution in [1.29, 1.82) is 0 Å². The Hall–Kier alpha value is -0.260. The van der Waals surface area contributed by atoms with Crippen LogP contribution in [0, 0.1) is 0 Å². The minimum atomic E-state index is -0.486. The van der Waals surface area contributed by atoms with E-state index in [4.69, 9.17) is 14.9 Å². The molecular formula is C8H14O3S2. The fourth-order valence-corrected chi connectivity index (χ4v) is 1.09. The van der Waals surface area contributed by atoms with Crippen LogP contribution in [-0.2, 0) is 4.74 Å². The number of ether oxygens (including phenoxy) is 1. The van der Waals surface area contributed by atoms with E-state index in [0.717, 1.165) is 12.8 Å². The van der Waals surface area contributed by atoms with E-state index < -0.39 is 6.10 Å². The second-order valence-corrected chi connectivity index (χ2v) is 3.56. The highest BCUT2D eigenvalue weighted by molar-refractivity contribution is 7.80. The largest absolute Gasteiger partial charge is 0.500 e. The maximum atomic E-state index is 9.03. The zero-order valence-corrected chi connectivity index (χ0v) is 9.16. The molecule has 0 bridgehead atoms. The molecule has 76 valence electrons. The summed E-state index contributed by atoms with van der Waals surface area (Å²) < 4.78 is 5.08. The van der Waals surface area contributed by atoms with Gasteiger partial charge in [0.25, 0.3) is 0 Å². The lowest BCUT2D eigenvalue weighted by Gasteiger charge is -2.13. The summed E-state index contributed by atoms with van der Waals surface area (Å²) in [4.78, 5) is 0. The van der Waals surface area contributed by atoms with E-state index in [2.05, 4.69) is 24.4 Å². The van der Waals surface area contributed by atoms with Crippen LogP contribution in [0.3, 0.4) is 0 Å². The molecule has 3 nitrogen and oxygen atoms in total. The first-order valence-electron chi connectivity index (χ1n) is 4.14. The van der Waals surface area contributed by atoms with Crippen LogP contribution >= 0.6 is 24.4 Å². The van der Waals surface area contributed by atoms with E-state index in [1.165, 1.54) is 0 Å². The van der Waals surface area contributed by atoms with Crippen LogP contribution in [-0.4, -0.2) is 33.0 Å². The van der Waals surface area contributed by atoms with Gasteiger partial charge >= 0.3 is 0 Å². The first kappa shape index (κ1) is 12.7. The maximum Gasteiger partial charge on any atom is 0.186 e. The number of rotatable bonds is 7. The molecule has 1 unspecified atom stereocenters. The van der Waals surface area contributed by atoms with Gasteiger partial charge in [0.1, 0.15) is 12.7 Å². The van der Waals surface area contributed by atoms with Gasteiger partial charge in [-0.15, -0.1) is 0 Å². The Morgan fingerprint density at radius 1 is 1.38 bits per heavy atom. The molecule has 0 aromatic rings. The number of aliphatic hydroxyl groups is 2. The predicted molar refractivity (Wildman–Crippen MR) is 59.7 cm³/mol. The lowest BCUT2D eigenvalue weighted by Crippen LogP contribution is -2.24. The van der Waals surface area contributed by atoms with Crippen molar-refractivity contribution in [2.45, 2.75) is 32.3 Å². The molecule has 0 aliphatic carbocycles. The summed E-state index contributed by atoms with van der Waals surface area (Å²) in [5.41, 5.74) is 0. The Kier molecular flexibility index (Phi) is 7.03. The van der Waals surface area contributed by atoms with Gasteiger partial charge in [0.2, 0.25) is 0 Å². The molecule has 0 fully saturated rings. The molecule has 13 heavy (non-hydrogen) atoms. The fourth-order valence-electron chi connectivity index (χ4n) is 0.839. The van der Waals surface area contributed by atoms with Crippen LogP contribution < -0.4 is 0 Å². The molecule has 0 radical (unpaired) electrons. The average Bonchev–Trinajstić information content (AvgIpc) is 2.03. The number of hydrogen-bond donors (Lipinski definition) is 2. The van der Waals surface area contributed by atoms with Crippen molar-refractivity contribution in [1.82, 2.24) is 0 Å². The Balaban J connectivity index is 3.80. The number of thiocarbonyl (C=S) groups is 2. The summed E-state index contributed by atoms with van der Waals surface area (Å²) in [5, 5.41) is 17.3. The first-order chi connectivity index (χ1) is 6.07. The van der Waals surface area contributed by atoms with Crippen molar-refractivity contribution >= 4 is 34.5 Å². The minimum absolute atomic E-state index is 0.0512. The smallest absolute Gasteiger partial charge is 0.186 e. The molecule has 0 saturated heterocycles. The molecule has 5 heteroatoms. The van der Waals surface area contributed by atoms with Crippen molar-refractivity contribution in [3.63, 3.8) is 0 Å². The summed E-state index contributed by atoms with van der Waals surface area (Å²) in [7, 11) is 0. The van der Waals surface area contributed by atoms with Gasteiger partial charge in [-0.3, -0.25) is 0 Å². The van der Waals surface area contributed by atoms with Crippen LogP contribution in [0.25, 0.3) is 0 Å². The van der Waals surface area contributed by atoms with Crippen LogP contribution in [0.4, 0.5) is 0 Å². The number of hydrogen-bond acceptors (Lipinski definition) is 3. The quantitative estimate of drug-likeness (QED) is 0.647. The molecular weight excluding hydrogens is 208 g/mol. The van der Waals surface area contributed by atoms with E-state index in [-0.39, 0.29) is 16.7 Å². The highest BCUT2D eigenvalue weighted by Crippen LogP contribution is 2.06. The summed E-state index contributed by atoms with van der Waals surface area (Å²) in [5.74, 6) is 0. The van der Waals surface area contributed by atoms with Crippen molar-refractivity contribution in [3.8, 4) is 0 Å². The van der Waals surface area contributed by atoms with Crippen LogP contribution in [0.5, 0.6) is 0 Å². The molecule has 0 heterocycles. The molecule has 0 amide bonds. The summed E-state index contributed by atoms with van der Waals surface area (Å²) in [6.45, 7) is 1.98. The second-order valence-electron chi connectivity index (χ2n) is 2.67. The van der Waals surface area contributed by atoms with Crippen molar-refractivity contribution in [3.05, 3.63) is 0 Å². The van der Waals surface area contributed by atoms with Gasteiger partial charge < -0.3 is 14.9 Å². The van der Waals surface area contributed by atoms with Crippen molar-refractivity contribution in [2.24, 2.45) is 0 Å². The molecule has 0 aliphatic heterocycles. The molecule has 0 rings (SSSR count). The maximum absolute atomic E-state index is 9.03. The Bertz CT molecular complexity index is 182. The van der Waals surface area contributed by atoms with Crippen LogP contribution in [0.1, 0.15) is 26.2 Å². The normalized spacial score (nSPS) is 12.4. The molecule has 0 spiro atoms. The molecule has 1 atom stereocenters.